The first-order valence-electron chi connectivity index (χ1n) is 7.28. The average Bonchev–Trinajstić information content (AvgIpc) is 2.95. The Balaban J connectivity index is 1.93. The number of piperidine rings is 1. The van der Waals surface area contributed by atoms with E-state index < -0.39 is 0 Å². The second-order valence-electron chi connectivity index (χ2n) is 5.73. The van der Waals surface area contributed by atoms with Gasteiger partial charge in [-0.3, -0.25) is 4.79 Å². The highest BCUT2D eigenvalue weighted by atomic mass is 16.2. The molecule has 4 nitrogen and oxygen atoms in total. The highest BCUT2D eigenvalue weighted by Gasteiger charge is 2.29. The van der Waals surface area contributed by atoms with E-state index in [9.17, 15) is 4.79 Å². The van der Waals surface area contributed by atoms with E-state index in [2.05, 4.69) is 11.9 Å². The number of amides is 1. The number of benzene rings is 1. The van der Waals surface area contributed by atoms with Gasteiger partial charge in [-0.25, -0.2) is 0 Å². The van der Waals surface area contributed by atoms with Crippen LogP contribution < -0.4 is 5.73 Å². The van der Waals surface area contributed by atoms with E-state index in [1.807, 2.05) is 35.4 Å². The third kappa shape index (κ3) is 2.20. The predicted octanol–water partition coefficient (Wildman–Crippen LogP) is 2.37. The molecule has 0 aliphatic carbocycles. The molecule has 0 saturated carbocycles. The molecule has 106 valence electrons. The van der Waals surface area contributed by atoms with Crippen LogP contribution in [0, 0.1) is 5.92 Å². The lowest BCUT2D eigenvalue weighted by atomic mass is 9.93. The summed E-state index contributed by atoms with van der Waals surface area (Å²) in [5.41, 5.74) is 7.47. The minimum Gasteiger partial charge on any atom is -0.361 e. The fourth-order valence-corrected chi connectivity index (χ4v) is 3.08. The van der Waals surface area contributed by atoms with Crippen LogP contribution in [0.3, 0.4) is 0 Å². The number of fused-ring (bicyclic) bond motifs is 1. The van der Waals surface area contributed by atoms with Crippen LogP contribution in [0.1, 0.15) is 30.1 Å². The molecule has 0 radical (unpaired) electrons. The summed E-state index contributed by atoms with van der Waals surface area (Å²) in [5.74, 6) is 0.543. The van der Waals surface area contributed by atoms with Gasteiger partial charge in [0, 0.05) is 24.2 Å². The quantitative estimate of drug-likeness (QED) is 0.881. The normalized spacial score (nSPS) is 23.2. The Morgan fingerprint density at radius 1 is 1.40 bits per heavy atom. The molecule has 2 atom stereocenters. The SMILES string of the molecule is CC1CCC(CN)CN1C(=O)c1cccc2cc[nH]c12. The third-order valence-corrected chi connectivity index (χ3v) is 4.39. The number of likely N-dealkylation sites (tertiary alicyclic amines) is 1. The predicted molar refractivity (Wildman–Crippen MR) is 80.6 cm³/mol. The molecule has 1 aromatic carbocycles. The van der Waals surface area contributed by atoms with E-state index in [0.29, 0.717) is 12.5 Å². The molecule has 1 amide bonds. The van der Waals surface area contributed by atoms with Gasteiger partial charge in [0.05, 0.1) is 11.1 Å². The summed E-state index contributed by atoms with van der Waals surface area (Å²) < 4.78 is 0. The van der Waals surface area contributed by atoms with Crippen LogP contribution in [-0.4, -0.2) is 34.9 Å². The zero-order chi connectivity index (χ0) is 14.1. The van der Waals surface area contributed by atoms with Gasteiger partial charge >= 0.3 is 0 Å². The monoisotopic (exact) mass is 271 g/mol. The Labute approximate surface area is 118 Å². The fraction of sp³-hybridized carbons (Fsp3) is 0.438. The number of nitrogens with zero attached hydrogens (tertiary/aromatic N) is 1. The number of carbonyl (C=O) groups excluding carboxylic acids is 1. The van der Waals surface area contributed by atoms with Crippen molar-refractivity contribution in [3.63, 3.8) is 0 Å². The summed E-state index contributed by atoms with van der Waals surface area (Å²) in [7, 11) is 0. The van der Waals surface area contributed by atoms with Crippen LogP contribution in [-0.2, 0) is 0 Å². The summed E-state index contributed by atoms with van der Waals surface area (Å²) in [6.07, 6.45) is 4.03. The van der Waals surface area contributed by atoms with Crippen molar-refractivity contribution >= 4 is 16.8 Å². The topological polar surface area (TPSA) is 62.1 Å². The maximum absolute atomic E-state index is 12.8. The maximum Gasteiger partial charge on any atom is 0.256 e. The Morgan fingerprint density at radius 2 is 2.25 bits per heavy atom. The van der Waals surface area contributed by atoms with Crippen molar-refractivity contribution < 1.29 is 4.79 Å². The summed E-state index contributed by atoms with van der Waals surface area (Å²) in [4.78, 5) is 18.0. The summed E-state index contributed by atoms with van der Waals surface area (Å²) in [6.45, 7) is 3.55. The highest BCUT2D eigenvalue weighted by Crippen LogP contribution is 2.25. The Bertz CT molecular complexity index is 619. The van der Waals surface area contributed by atoms with E-state index in [4.69, 9.17) is 5.73 Å². The number of H-pyrrole nitrogens is 1. The van der Waals surface area contributed by atoms with E-state index in [1.165, 1.54) is 0 Å². The van der Waals surface area contributed by atoms with Crippen LogP contribution in [0.15, 0.2) is 30.5 Å². The Morgan fingerprint density at radius 3 is 3.05 bits per heavy atom. The number of hydrogen-bond acceptors (Lipinski definition) is 2. The van der Waals surface area contributed by atoms with Crippen LogP contribution in [0.2, 0.25) is 0 Å². The van der Waals surface area contributed by atoms with Gasteiger partial charge in [-0.15, -0.1) is 0 Å². The number of aromatic amines is 1. The van der Waals surface area contributed by atoms with E-state index in [0.717, 1.165) is 35.9 Å². The Kier molecular flexibility index (Phi) is 3.49. The highest BCUT2D eigenvalue weighted by molar-refractivity contribution is 6.05. The molecule has 1 saturated heterocycles. The molecule has 4 heteroatoms. The molecule has 2 heterocycles. The van der Waals surface area contributed by atoms with Crippen molar-refractivity contribution in [1.82, 2.24) is 9.88 Å². The lowest BCUT2D eigenvalue weighted by Gasteiger charge is -2.37. The maximum atomic E-state index is 12.8. The lowest BCUT2D eigenvalue weighted by Crippen LogP contribution is -2.47. The average molecular weight is 271 g/mol. The molecule has 1 aliphatic heterocycles. The summed E-state index contributed by atoms with van der Waals surface area (Å²) in [5, 5.41) is 1.08. The van der Waals surface area contributed by atoms with Gasteiger partial charge in [0.25, 0.3) is 5.91 Å². The van der Waals surface area contributed by atoms with Crippen molar-refractivity contribution in [2.24, 2.45) is 11.7 Å². The van der Waals surface area contributed by atoms with Crippen molar-refractivity contribution in [1.29, 1.82) is 0 Å². The largest absolute Gasteiger partial charge is 0.361 e. The standard InChI is InChI=1S/C16H21N3O/c1-11-5-6-12(9-17)10-19(11)16(20)14-4-2-3-13-7-8-18-15(13)14/h2-4,7-8,11-12,18H,5-6,9-10,17H2,1H3. The molecule has 2 aromatic rings. The number of nitrogens with one attached hydrogen (secondary N) is 1. The van der Waals surface area contributed by atoms with Crippen molar-refractivity contribution in [3.05, 3.63) is 36.0 Å². The van der Waals surface area contributed by atoms with Gasteiger partial charge in [-0.1, -0.05) is 12.1 Å². The molecular weight excluding hydrogens is 250 g/mol. The fourth-order valence-electron chi connectivity index (χ4n) is 3.08. The first kappa shape index (κ1) is 13.2. The molecule has 20 heavy (non-hydrogen) atoms. The molecular formula is C16H21N3O. The zero-order valence-electron chi connectivity index (χ0n) is 11.8. The lowest BCUT2D eigenvalue weighted by molar-refractivity contribution is 0.0569. The third-order valence-electron chi connectivity index (χ3n) is 4.39. The smallest absolute Gasteiger partial charge is 0.256 e. The van der Waals surface area contributed by atoms with E-state index >= 15 is 0 Å². The number of rotatable bonds is 2. The number of nitrogens with two attached hydrogens (primary N) is 1. The van der Waals surface area contributed by atoms with E-state index in [-0.39, 0.29) is 11.9 Å². The molecule has 1 aliphatic rings. The summed E-state index contributed by atoms with van der Waals surface area (Å²) >= 11 is 0. The van der Waals surface area contributed by atoms with Gasteiger partial charge in [-0.2, -0.15) is 0 Å². The van der Waals surface area contributed by atoms with Gasteiger partial charge < -0.3 is 15.6 Å². The molecule has 1 fully saturated rings. The zero-order valence-corrected chi connectivity index (χ0v) is 11.8. The van der Waals surface area contributed by atoms with Crippen LogP contribution in [0.25, 0.3) is 10.9 Å². The van der Waals surface area contributed by atoms with Crippen molar-refractivity contribution in [2.45, 2.75) is 25.8 Å². The first-order chi connectivity index (χ1) is 9.70. The summed E-state index contributed by atoms with van der Waals surface area (Å²) in [6, 6.07) is 8.15. The number of para-hydroxylation sites is 1. The molecule has 2 unspecified atom stereocenters. The second-order valence-corrected chi connectivity index (χ2v) is 5.73. The van der Waals surface area contributed by atoms with Crippen LogP contribution >= 0.6 is 0 Å². The number of carbonyl (C=O) groups is 1. The molecule has 3 rings (SSSR count). The van der Waals surface area contributed by atoms with Gasteiger partial charge in [0.1, 0.15) is 0 Å². The van der Waals surface area contributed by atoms with Gasteiger partial charge in [-0.05, 0) is 44.4 Å². The van der Waals surface area contributed by atoms with E-state index in [1.54, 1.807) is 0 Å². The van der Waals surface area contributed by atoms with Gasteiger partial charge in [0.2, 0.25) is 0 Å². The minimum atomic E-state index is 0.115. The molecule has 0 spiro atoms. The minimum absolute atomic E-state index is 0.115. The van der Waals surface area contributed by atoms with Crippen molar-refractivity contribution in [2.75, 3.05) is 13.1 Å². The van der Waals surface area contributed by atoms with Gasteiger partial charge in [0.15, 0.2) is 0 Å². The molecule has 1 aromatic heterocycles. The number of hydrogen-bond donors (Lipinski definition) is 2. The Hall–Kier alpha value is -1.81. The van der Waals surface area contributed by atoms with Crippen LogP contribution in [0.5, 0.6) is 0 Å². The number of aromatic nitrogens is 1. The first-order valence-corrected chi connectivity index (χ1v) is 7.28. The van der Waals surface area contributed by atoms with Crippen molar-refractivity contribution in [3.8, 4) is 0 Å². The molecule has 0 bridgehead atoms. The second kappa shape index (κ2) is 5.29. The van der Waals surface area contributed by atoms with Crippen LogP contribution in [0.4, 0.5) is 0 Å². The molecule has 3 N–H and O–H groups in total.